The van der Waals surface area contributed by atoms with E-state index in [0.29, 0.717) is 24.0 Å². The number of rotatable bonds is 6. The number of hydrogen-bond acceptors (Lipinski definition) is 4. The maximum absolute atomic E-state index is 12.2. The van der Waals surface area contributed by atoms with E-state index in [1.807, 2.05) is 5.38 Å². The first kappa shape index (κ1) is 20.1. The van der Waals surface area contributed by atoms with E-state index in [2.05, 4.69) is 20.9 Å². The molecule has 7 heteroatoms. The van der Waals surface area contributed by atoms with E-state index in [-0.39, 0.29) is 18.0 Å². The van der Waals surface area contributed by atoms with Crippen LogP contribution >= 0.6 is 11.3 Å². The van der Waals surface area contributed by atoms with Gasteiger partial charge >= 0.3 is 6.03 Å². The minimum atomic E-state index is -0.172. The van der Waals surface area contributed by atoms with E-state index in [9.17, 15) is 9.59 Å². The van der Waals surface area contributed by atoms with Gasteiger partial charge in [-0.3, -0.25) is 10.1 Å². The van der Waals surface area contributed by atoms with Crippen LogP contribution in [0, 0.1) is 0 Å². The summed E-state index contributed by atoms with van der Waals surface area (Å²) in [5.41, 5.74) is 0.865. The van der Waals surface area contributed by atoms with Crippen molar-refractivity contribution in [3.63, 3.8) is 0 Å². The largest absolute Gasteiger partial charge is 0.353 e. The van der Waals surface area contributed by atoms with Gasteiger partial charge in [-0.15, -0.1) is 11.3 Å². The summed E-state index contributed by atoms with van der Waals surface area (Å²) in [6, 6.07) is 0.455. The Balaban J connectivity index is 1.37. The van der Waals surface area contributed by atoms with Gasteiger partial charge in [0, 0.05) is 23.9 Å². The Morgan fingerprint density at radius 2 is 1.52 bits per heavy atom. The maximum atomic E-state index is 12.2. The summed E-state index contributed by atoms with van der Waals surface area (Å²) in [6.45, 7) is 0. The Morgan fingerprint density at radius 1 is 0.926 bits per heavy atom. The van der Waals surface area contributed by atoms with E-state index in [1.54, 1.807) is 0 Å². The zero-order chi connectivity index (χ0) is 18.9. The molecule has 0 atom stereocenters. The number of nitrogens with one attached hydrogen (secondary N) is 3. The average Bonchev–Trinajstić information content (AvgIpc) is 2.94. The Morgan fingerprint density at radius 3 is 2.19 bits per heavy atom. The minimum absolute atomic E-state index is 0.111. The fourth-order valence-corrected chi connectivity index (χ4v) is 4.75. The standard InChI is InChI=1S/C20H32N4O2S/c25-18(21-15-8-4-1-2-5-9-15)13-12-17-14-27-20(23-17)24-19(26)22-16-10-6-3-7-11-16/h14-16H,1-13H2,(H,21,25)(H2,22,23,24,26). The number of thiazole rings is 1. The van der Waals surface area contributed by atoms with E-state index < -0.39 is 0 Å². The molecule has 0 unspecified atom stereocenters. The van der Waals surface area contributed by atoms with Crippen molar-refractivity contribution in [2.45, 2.75) is 95.6 Å². The Hall–Kier alpha value is -1.63. The van der Waals surface area contributed by atoms with Crippen molar-refractivity contribution in [2.75, 3.05) is 5.32 Å². The Bertz CT molecular complexity index is 605. The van der Waals surface area contributed by atoms with Crippen molar-refractivity contribution in [3.8, 4) is 0 Å². The third kappa shape index (κ3) is 7.13. The predicted molar refractivity (Wildman–Crippen MR) is 109 cm³/mol. The minimum Gasteiger partial charge on any atom is -0.353 e. The van der Waals surface area contributed by atoms with Crippen LogP contribution in [0.1, 0.15) is 82.7 Å². The quantitative estimate of drug-likeness (QED) is 0.629. The molecule has 27 heavy (non-hydrogen) atoms. The van der Waals surface area contributed by atoms with Crippen LogP contribution in [0.2, 0.25) is 0 Å². The van der Waals surface area contributed by atoms with Gasteiger partial charge in [0.15, 0.2) is 5.13 Å². The van der Waals surface area contributed by atoms with E-state index in [0.717, 1.165) is 31.4 Å². The number of urea groups is 1. The van der Waals surface area contributed by atoms with Gasteiger partial charge in [-0.1, -0.05) is 44.9 Å². The maximum Gasteiger partial charge on any atom is 0.321 e. The van der Waals surface area contributed by atoms with E-state index in [1.165, 1.54) is 56.3 Å². The molecule has 0 aromatic carbocycles. The number of nitrogens with zero attached hydrogens (tertiary/aromatic N) is 1. The zero-order valence-electron chi connectivity index (χ0n) is 16.1. The summed E-state index contributed by atoms with van der Waals surface area (Å²) in [5, 5.41) is 11.6. The lowest BCUT2D eigenvalue weighted by Gasteiger charge is -2.22. The molecule has 2 fully saturated rings. The van der Waals surface area contributed by atoms with Crippen molar-refractivity contribution in [2.24, 2.45) is 0 Å². The number of carbonyl (C=O) groups excluding carboxylic acids is 2. The summed E-state index contributed by atoms with van der Waals surface area (Å²) in [6.07, 6.45) is 14.1. The third-order valence-corrected chi connectivity index (χ3v) is 6.35. The van der Waals surface area contributed by atoms with Crippen LogP contribution in [-0.2, 0) is 11.2 Å². The highest BCUT2D eigenvalue weighted by atomic mass is 32.1. The second-order valence-electron chi connectivity index (χ2n) is 7.83. The number of amides is 3. The van der Waals surface area contributed by atoms with Crippen molar-refractivity contribution >= 4 is 28.4 Å². The molecule has 2 saturated carbocycles. The van der Waals surface area contributed by atoms with Gasteiger partial charge in [0.05, 0.1) is 5.69 Å². The zero-order valence-corrected chi connectivity index (χ0v) is 16.9. The first-order chi connectivity index (χ1) is 13.2. The second-order valence-corrected chi connectivity index (χ2v) is 8.69. The van der Waals surface area contributed by atoms with Gasteiger partial charge in [0.1, 0.15) is 0 Å². The SMILES string of the molecule is O=C(CCc1csc(NC(=O)NC2CCCCC2)n1)NC1CCCCCC1. The summed E-state index contributed by atoms with van der Waals surface area (Å²) in [7, 11) is 0. The lowest BCUT2D eigenvalue weighted by atomic mass is 9.96. The average molecular weight is 393 g/mol. The van der Waals surface area contributed by atoms with E-state index >= 15 is 0 Å². The van der Waals surface area contributed by atoms with Crippen LogP contribution in [0.25, 0.3) is 0 Å². The van der Waals surface area contributed by atoms with Gasteiger partial charge in [-0.05, 0) is 32.1 Å². The molecule has 6 nitrogen and oxygen atoms in total. The molecule has 1 aromatic heterocycles. The van der Waals surface area contributed by atoms with Crippen LogP contribution in [0.15, 0.2) is 5.38 Å². The fraction of sp³-hybridized carbons (Fsp3) is 0.750. The molecule has 1 heterocycles. The molecule has 0 radical (unpaired) electrons. The first-order valence-corrected chi connectivity index (χ1v) is 11.4. The summed E-state index contributed by atoms with van der Waals surface area (Å²) < 4.78 is 0. The first-order valence-electron chi connectivity index (χ1n) is 10.5. The van der Waals surface area contributed by atoms with Gasteiger partial charge in [0.2, 0.25) is 5.91 Å². The molecular weight excluding hydrogens is 360 g/mol. The van der Waals surface area contributed by atoms with Gasteiger partial charge < -0.3 is 10.6 Å². The molecule has 3 rings (SSSR count). The molecule has 2 aliphatic rings. The molecule has 0 saturated heterocycles. The number of aryl methyl sites for hydroxylation is 1. The highest BCUT2D eigenvalue weighted by Crippen LogP contribution is 2.20. The van der Waals surface area contributed by atoms with Gasteiger partial charge in [-0.25, -0.2) is 9.78 Å². The van der Waals surface area contributed by atoms with Crippen LogP contribution in [-0.4, -0.2) is 29.0 Å². The Labute approximate surface area is 165 Å². The van der Waals surface area contributed by atoms with Crippen LogP contribution in [0.3, 0.4) is 0 Å². The molecule has 2 aliphatic carbocycles. The highest BCUT2D eigenvalue weighted by Gasteiger charge is 2.17. The number of carbonyl (C=O) groups is 2. The number of anilines is 1. The van der Waals surface area contributed by atoms with Crippen molar-refractivity contribution < 1.29 is 9.59 Å². The smallest absolute Gasteiger partial charge is 0.321 e. The summed E-state index contributed by atoms with van der Waals surface area (Å²) in [5.74, 6) is 0.111. The molecule has 0 spiro atoms. The van der Waals surface area contributed by atoms with E-state index in [4.69, 9.17) is 0 Å². The summed E-state index contributed by atoms with van der Waals surface area (Å²) >= 11 is 1.42. The normalized spacial score (nSPS) is 19.3. The molecule has 3 N–H and O–H groups in total. The lowest BCUT2D eigenvalue weighted by Crippen LogP contribution is -2.39. The summed E-state index contributed by atoms with van der Waals surface area (Å²) in [4.78, 5) is 28.7. The Kier molecular flexibility index (Phi) is 7.93. The number of hydrogen-bond donors (Lipinski definition) is 3. The van der Waals surface area contributed by atoms with Gasteiger partial charge in [0.25, 0.3) is 0 Å². The van der Waals surface area contributed by atoms with Crippen molar-refractivity contribution in [1.29, 1.82) is 0 Å². The van der Waals surface area contributed by atoms with Gasteiger partial charge in [-0.2, -0.15) is 0 Å². The van der Waals surface area contributed by atoms with Crippen molar-refractivity contribution in [3.05, 3.63) is 11.1 Å². The highest BCUT2D eigenvalue weighted by molar-refractivity contribution is 7.13. The molecule has 150 valence electrons. The topological polar surface area (TPSA) is 83.1 Å². The second kappa shape index (κ2) is 10.6. The van der Waals surface area contributed by atoms with Crippen LogP contribution < -0.4 is 16.0 Å². The number of aromatic nitrogens is 1. The van der Waals surface area contributed by atoms with Crippen molar-refractivity contribution in [1.82, 2.24) is 15.6 Å². The molecule has 3 amide bonds. The lowest BCUT2D eigenvalue weighted by molar-refractivity contribution is -0.121. The molecular formula is C20H32N4O2S. The molecule has 1 aromatic rings. The molecule has 0 bridgehead atoms. The monoisotopic (exact) mass is 392 g/mol. The molecule has 0 aliphatic heterocycles. The predicted octanol–water partition coefficient (Wildman–Crippen LogP) is 4.37. The fourth-order valence-electron chi connectivity index (χ4n) is 4.01. The van der Waals surface area contributed by atoms with Crippen LogP contribution in [0.4, 0.5) is 9.93 Å². The van der Waals surface area contributed by atoms with Crippen LogP contribution in [0.5, 0.6) is 0 Å². The third-order valence-electron chi connectivity index (χ3n) is 5.54.